The summed E-state index contributed by atoms with van der Waals surface area (Å²) in [6, 6.07) is 24.1. The van der Waals surface area contributed by atoms with Crippen LogP contribution in [0.1, 0.15) is 22.3 Å². The normalized spacial score (nSPS) is 10.6. The van der Waals surface area contributed by atoms with Crippen molar-refractivity contribution in [2.75, 3.05) is 42.7 Å². The van der Waals surface area contributed by atoms with E-state index in [2.05, 4.69) is 18.2 Å². The molecule has 41 heavy (non-hydrogen) atoms. The summed E-state index contributed by atoms with van der Waals surface area (Å²) < 4.78 is 39.4. The van der Waals surface area contributed by atoms with Crippen molar-refractivity contribution in [1.29, 1.82) is 0 Å². The molecule has 0 aliphatic carbocycles. The first-order chi connectivity index (χ1) is 20.0. The maximum Gasteiger partial charge on any atom is 0.203 e. The molecule has 0 heterocycles. The molecule has 0 fully saturated rings. The van der Waals surface area contributed by atoms with Gasteiger partial charge in [-0.2, -0.15) is 0 Å². The van der Waals surface area contributed by atoms with Gasteiger partial charge >= 0.3 is 0 Å². The average Bonchev–Trinajstić information content (AvgIpc) is 3.02. The lowest BCUT2D eigenvalue weighted by atomic mass is 10.0. The second kappa shape index (κ2) is 14.2. The van der Waals surface area contributed by atoms with E-state index in [4.69, 9.17) is 33.2 Å². The van der Waals surface area contributed by atoms with Crippen LogP contribution in [0, 0.1) is 0 Å². The molecule has 216 valence electrons. The molecule has 4 aromatic carbocycles. The van der Waals surface area contributed by atoms with Crippen LogP contribution in [0.2, 0.25) is 0 Å². The summed E-state index contributed by atoms with van der Waals surface area (Å²) in [5, 5.41) is 0. The molecule has 0 saturated heterocycles. The van der Waals surface area contributed by atoms with Gasteiger partial charge in [0.25, 0.3) is 0 Å². The minimum absolute atomic E-state index is 0.586. The van der Waals surface area contributed by atoms with Gasteiger partial charge in [-0.3, -0.25) is 0 Å². The third-order valence-electron chi connectivity index (χ3n) is 6.89. The van der Waals surface area contributed by atoms with Gasteiger partial charge in [0.2, 0.25) is 5.75 Å². The van der Waals surface area contributed by atoms with E-state index in [1.165, 1.54) is 5.56 Å². The summed E-state index contributed by atoms with van der Waals surface area (Å²) in [5.41, 5.74) is 4.52. The van der Waals surface area contributed by atoms with Crippen LogP contribution in [0.3, 0.4) is 0 Å². The zero-order valence-electron chi connectivity index (χ0n) is 24.6. The maximum absolute atomic E-state index is 6.30. The molecule has 0 spiro atoms. The molecule has 0 aromatic heterocycles. The first-order valence-electron chi connectivity index (χ1n) is 13.4. The van der Waals surface area contributed by atoms with Crippen molar-refractivity contribution in [2.45, 2.75) is 25.7 Å². The zero-order chi connectivity index (χ0) is 29.2. The molecule has 7 heteroatoms. The molecule has 0 atom stereocenters. The quantitative estimate of drug-likeness (QED) is 0.164. The lowest BCUT2D eigenvalue weighted by Crippen LogP contribution is -1.99. The summed E-state index contributed by atoms with van der Waals surface area (Å²) in [5.74, 6) is 5.45. The maximum atomic E-state index is 6.30. The fourth-order valence-electron chi connectivity index (χ4n) is 4.72. The number of ether oxygens (including phenoxy) is 7. The third-order valence-corrected chi connectivity index (χ3v) is 6.89. The Hall–Kier alpha value is -4.52. The standard InChI is InChI=1S/C34H38O7/c1-35-27-9-7-8-23(16-27)10-12-25-17-28(36-2)22-29(18-25)41-30-15-14-24(19-31(30)37-3)11-13-26-20-32(38-4)34(40-6)33(21-26)39-5/h7-9,14-22H,10-13H2,1-6H3. The lowest BCUT2D eigenvalue weighted by Gasteiger charge is -2.15. The minimum atomic E-state index is 0.586. The number of hydrogen-bond acceptors (Lipinski definition) is 7. The molecule has 0 unspecified atom stereocenters. The van der Waals surface area contributed by atoms with Crippen molar-refractivity contribution in [3.05, 3.63) is 95.1 Å². The summed E-state index contributed by atoms with van der Waals surface area (Å²) in [4.78, 5) is 0. The van der Waals surface area contributed by atoms with Crippen LogP contribution in [-0.2, 0) is 25.7 Å². The molecule has 0 N–H and O–H groups in total. The van der Waals surface area contributed by atoms with Crippen LogP contribution < -0.4 is 33.2 Å². The van der Waals surface area contributed by atoms with Gasteiger partial charge in [0.15, 0.2) is 23.0 Å². The predicted molar refractivity (Wildman–Crippen MR) is 160 cm³/mol. The number of hydrogen-bond donors (Lipinski definition) is 0. The summed E-state index contributed by atoms with van der Waals surface area (Å²) in [7, 11) is 9.84. The van der Waals surface area contributed by atoms with Gasteiger partial charge in [-0.1, -0.05) is 18.2 Å². The van der Waals surface area contributed by atoms with Gasteiger partial charge in [0.05, 0.1) is 42.7 Å². The number of aryl methyl sites for hydroxylation is 4. The molecule has 0 aliphatic heterocycles. The Morgan fingerprint density at radius 1 is 0.390 bits per heavy atom. The van der Waals surface area contributed by atoms with Gasteiger partial charge in [0, 0.05) is 6.07 Å². The number of methoxy groups -OCH3 is 6. The van der Waals surface area contributed by atoms with Crippen molar-refractivity contribution in [3.8, 4) is 46.0 Å². The highest BCUT2D eigenvalue weighted by atomic mass is 16.5. The zero-order valence-corrected chi connectivity index (χ0v) is 24.6. The van der Waals surface area contributed by atoms with Gasteiger partial charge < -0.3 is 33.2 Å². The molecule has 0 aliphatic rings. The Balaban J connectivity index is 1.48. The van der Waals surface area contributed by atoms with E-state index in [1.807, 2.05) is 54.6 Å². The topological polar surface area (TPSA) is 64.6 Å². The smallest absolute Gasteiger partial charge is 0.203 e. The van der Waals surface area contributed by atoms with E-state index in [1.54, 1.807) is 42.7 Å². The molecular weight excluding hydrogens is 520 g/mol. The van der Waals surface area contributed by atoms with Crippen LogP contribution in [0.4, 0.5) is 0 Å². The molecule has 0 amide bonds. The van der Waals surface area contributed by atoms with Crippen LogP contribution in [0.5, 0.6) is 46.0 Å². The van der Waals surface area contributed by atoms with Gasteiger partial charge in [0.1, 0.15) is 17.2 Å². The van der Waals surface area contributed by atoms with Gasteiger partial charge in [-0.25, -0.2) is 0 Å². The fourth-order valence-corrected chi connectivity index (χ4v) is 4.72. The fraction of sp³-hybridized carbons (Fsp3) is 0.294. The number of benzene rings is 4. The van der Waals surface area contributed by atoms with Crippen molar-refractivity contribution < 1.29 is 33.2 Å². The minimum Gasteiger partial charge on any atom is -0.497 e. The SMILES string of the molecule is COc1cccc(CCc2cc(OC)cc(Oc3ccc(CCc4cc(OC)c(OC)c(OC)c4)cc3OC)c2)c1. The van der Waals surface area contributed by atoms with Crippen molar-refractivity contribution >= 4 is 0 Å². The molecule has 7 nitrogen and oxygen atoms in total. The van der Waals surface area contributed by atoms with Crippen molar-refractivity contribution in [2.24, 2.45) is 0 Å². The van der Waals surface area contributed by atoms with Crippen LogP contribution in [-0.4, -0.2) is 42.7 Å². The van der Waals surface area contributed by atoms with Gasteiger partial charge in [-0.05, 0) is 96.5 Å². The first-order valence-corrected chi connectivity index (χ1v) is 13.4. The Bertz CT molecular complexity index is 1420. The first kappa shape index (κ1) is 29.5. The van der Waals surface area contributed by atoms with Crippen LogP contribution in [0.15, 0.2) is 72.8 Å². The van der Waals surface area contributed by atoms with E-state index >= 15 is 0 Å². The van der Waals surface area contributed by atoms with E-state index in [9.17, 15) is 0 Å². The Morgan fingerprint density at radius 2 is 0.927 bits per heavy atom. The lowest BCUT2D eigenvalue weighted by molar-refractivity contribution is 0.324. The largest absolute Gasteiger partial charge is 0.497 e. The molecule has 4 aromatic rings. The molecular formula is C34H38O7. The molecule has 4 rings (SSSR count). The third kappa shape index (κ3) is 7.57. The summed E-state index contributed by atoms with van der Waals surface area (Å²) >= 11 is 0. The molecule has 0 radical (unpaired) electrons. The second-order valence-electron chi connectivity index (χ2n) is 9.49. The van der Waals surface area contributed by atoms with E-state index in [0.717, 1.165) is 53.9 Å². The highest BCUT2D eigenvalue weighted by Gasteiger charge is 2.14. The van der Waals surface area contributed by atoms with Crippen molar-refractivity contribution in [1.82, 2.24) is 0 Å². The highest BCUT2D eigenvalue weighted by Crippen LogP contribution is 2.39. The summed E-state index contributed by atoms with van der Waals surface area (Å²) in [6.45, 7) is 0. The Morgan fingerprint density at radius 3 is 1.54 bits per heavy atom. The van der Waals surface area contributed by atoms with Gasteiger partial charge in [-0.15, -0.1) is 0 Å². The Labute approximate surface area is 242 Å². The van der Waals surface area contributed by atoms with E-state index in [-0.39, 0.29) is 0 Å². The summed E-state index contributed by atoms with van der Waals surface area (Å²) in [6.07, 6.45) is 3.28. The van der Waals surface area contributed by atoms with Crippen LogP contribution >= 0.6 is 0 Å². The predicted octanol–water partition coefficient (Wildman–Crippen LogP) is 7.10. The van der Waals surface area contributed by atoms with Crippen LogP contribution in [0.25, 0.3) is 0 Å². The highest BCUT2D eigenvalue weighted by molar-refractivity contribution is 5.54. The Kier molecular flexibility index (Phi) is 10.2. The molecule has 0 bridgehead atoms. The second-order valence-corrected chi connectivity index (χ2v) is 9.49. The van der Waals surface area contributed by atoms with E-state index < -0.39 is 0 Å². The average molecular weight is 559 g/mol. The number of rotatable bonds is 14. The molecule has 0 saturated carbocycles. The monoisotopic (exact) mass is 558 g/mol. The van der Waals surface area contributed by atoms with Crippen molar-refractivity contribution in [3.63, 3.8) is 0 Å². The van der Waals surface area contributed by atoms with E-state index in [0.29, 0.717) is 34.5 Å².